The Morgan fingerprint density at radius 3 is 2.50 bits per heavy atom. The van der Waals surface area contributed by atoms with E-state index in [1.807, 2.05) is 0 Å². The van der Waals surface area contributed by atoms with Crippen LogP contribution < -0.4 is 0 Å². The van der Waals surface area contributed by atoms with E-state index in [-0.39, 0.29) is 34.4 Å². The van der Waals surface area contributed by atoms with Crippen LogP contribution in [-0.4, -0.2) is 31.4 Å². The molecule has 3 rings (SSSR count). The molecule has 0 spiro atoms. The molecule has 5 atom stereocenters. The van der Waals surface area contributed by atoms with Crippen molar-refractivity contribution >= 4 is 14.1 Å². The highest BCUT2D eigenvalue weighted by Gasteiger charge is 2.57. The second-order valence-electron chi connectivity index (χ2n) is 10.1. The number of allylic oxidation sites excluding steroid dienone is 1. The van der Waals surface area contributed by atoms with E-state index < -0.39 is 8.32 Å². The molecule has 3 aliphatic carbocycles. The summed E-state index contributed by atoms with van der Waals surface area (Å²) in [6, 6.07) is 0. The number of carbonyl (C=O) groups is 1. The van der Waals surface area contributed by atoms with Gasteiger partial charge in [0.2, 0.25) is 0 Å². The van der Waals surface area contributed by atoms with Crippen molar-refractivity contribution in [2.45, 2.75) is 90.6 Å². The van der Waals surface area contributed by atoms with Gasteiger partial charge in [-0.2, -0.15) is 0 Å². The largest absolute Gasteiger partial charge is 0.410 e. The average Bonchev–Trinajstić information content (AvgIpc) is 2.93. The summed E-state index contributed by atoms with van der Waals surface area (Å²) in [5.74, 6) is 0.799. The summed E-state index contributed by atoms with van der Waals surface area (Å²) in [5, 5.41) is 10.6. The van der Waals surface area contributed by atoms with Crippen molar-refractivity contribution < 1.29 is 14.3 Å². The quantitative estimate of drug-likeness (QED) is 0.748. The highest BCUT2D eigenvalue weighted by Crippen LogP contribution is 2.60. The molecule has 0 aromatic rings. The van der Waals surface area contributed by atoms with Crippen LogP contribution in [0.1, 0.15) is 60.3 Å². The molecule has 24 heavy (non-hydrogen) atoms. The van der Waals surface area contributed by atoms with Crippen LogP contribution in [0.25, 0.3) is 0 Å². The second-order valence-corrected chi connectivity index (χ2v) is 14.8. The molecule has 0 bridgehead atoms. The lowest BCUT2D eigenvalue weighted by molar-refractivity contribution is -0.119. The monoisotopic (exact) mass is 350 g/mol. The molecule has 1 N–H and O–H groups in total. The number of rotatable bonds is 2. The van der Waals surface area contributed by atoms with E-state index in [0.717, 1.165) is 24.8 Å². The fourth-order valence-electron chi connectivity index (χ4n) is 5.03. The Balaban J connectivity index is 1.94. The van der Waals surface area contributed by atoms with E-state index in [1.165, 1.54) is 5.57 Å². The Bertz CT molecular complexity index is 586. The van der Waals surface area contributed by atoms with E-state index >= 15 is 0 Å². The molecule has 136 valence electrons. The van der Waals surface area contributed by atoms with Gasteiger partial charge in [-0.15, -0.1) is 0 Å². The van der Waals surface area contributed by atoms with Gasteiger partial charge in [0.05, 0.1) is 12.2 Å². The Kier molecular flexibility index (Phi) is 4.22. The predicted molar refractivity (Wildman–Crippen MR) is 99.3 cm³/mol. The molecule has 1 saturated carbocycles. The van der Waals surface area contributed by atoms with Gasteiger partial charge in [0.1, 0.15) is 0 Å². The summed E-state index contributed by atoms with van der Waals surface area (Å²) >= 11 is 0. The molecule has 0 aromatic heterocycles. The van der Waals surface area contributed by atoms with E-state index in [9.17, 15) is 9.90 Å². The van der Waals surface area contributed by atoms with Crippen LogP contribution in [0.4, 0.5) is 0 Å². The molecule has 1 fully saturated rings. The summed E-state index contributed by atoms with van der Waals surface area (Å²) in [4.78, 5) is 13.0. The number of ketones is 1. The number of fused-ring (bicyclic) bond motifs is 2. The Morgan fingerprint density at radius 2 is 1.92 bits per heavy atom. The first-order chi connectivity index (χ1) is 10.9. The topological polar surface area (TPSA) is 46.5 Å². The van der Waals surface area contributed by atoms with Gasteiger partial charge < -0.3 is 9.53 Å². The molecule has 0 saturated heterocycles. The van der Waals surface area contributed by atoms with Crippen LogP contribution in [0.5, 0.6) is 0 Å². The first-order valence-electron chi connectivity index (χ1n) is 9.51. The number of Topliss-reactive ketones (excluding diaryl/α,β-unsaturated/α-hetero) is 1. The normalized spacial score (nSPS) is 40.1. The molecular formula is C20H34O3Si. The Hall–Kier alpha value is -0.453. The van der Waals surface area contributed by atoms with Crippen molar-refractivity contribution in [1.29, 1.82) is 0 Å². The molecule has 0 aliphatic heterocycles. The molecule has 0 heterocycles. The zero-order valence-electron chi connectivity index (χ0n) is 16.4. The van der Waals surface area contributed by atoms with E-state index in [2.05, 4.69) is 47.7 Å². The maximum absolute atomic E-state index is 13.0. The van der Waals surface area contributed by atoms with Gasteiger partial charge in [-0.3, -0.25) is 4.79 Å². The molecule has 4 heteroatoms. The third-order valence-electron chi connectivity index (χ3n) is 7.63. The average molecular weight is 351 g/mol. The zero-order valence-corrected chi connectivity index (χ0v) is 17.4. The van der Waals surface area contributed by atoms with Crippen LogP contribution in [0, 0.1) is 17.3 Å². The summed E-state index contributed by atoms with van der Waals surface area (Å²) < 4.78 is 6.65. The van der Waals surface area contributed by atoms with Gasteiger partial charge in [0.25, 0.3) is 0 Å². The third-order valence-corrected chi connectivity index (χ3v) is 12.1. The maximum Gasteiger partial charge on any atom is 0.192 e. The van der Waals surface area contributed by atoms with Crippen molar-refractivity contribution in [3.8, 4) is 0 Å². The summed E-state index contributed by atoms with van der Waals surface area (Å²) in [5.41, 5.74) is 2.30. The van der Waals surface area contributed by atoms with Gasteiger partial charge in [-0.1, -0.05) is 40.2 Å². The Labute approximate surface area is 148 Å². The maximum atomic E-state index is 13.0. The lowest BCUT2D eigenvalue weighted by Gasteiger charge is -2.41. The van der Waals surface area contributed by atoms with Crippen LogP contribution in [0.15, 0.2) is 11.1 Å². The van der Waals surface area contributed by atoms with Crippen molar-refractivity contribution in [2.24, 2.45) is 17.3 Å². The SMILES string of the molecule is CC1C(O)C[C@@]2(C)C3=C(C(=O)C[C@@H]12)[C@H](O[Si](C)(C)C(C)(C)C)CC3. The summed E-state index contributed by atoms with van der Waals surface area (Å²) in [7, 11) is -1.90. The number of carbonyl (C=O) groups excluding carboxylic acids is 1. The lowest BCUT2D eigenvalue weighted by Crippen LogP contribution is -2.45. The predicted octanol–water partition coefficient (Wildman–Crippen LogP) is 4.46. The van der Waals surface area contributed by atoms with Crippen molar-refractivity contribution in [1.82, 2.24) is 0 Å². The standard InChI is InChI=1S/C20H34O3Si/c1-12-14-10-15(21)18-13(20(14,5)11-16(12)22)8-9-17(18)23-24(6,7)19(2,3)4/h12,14,16-17,22H,8-11H2,1-7H3/t12?,14-,16?,17+,20-/m0/s1. The van der Waals surface area contributed by atoms with Crippen LogP contribution in [0.3, 0.4) is 0 Å². The minimum atomic E-state index is -1.90. The first kappa shape index (κ1) is 18.3. The van der Waals surface area contributed by atoms with Crippen LogP contribution >= 0.6 is 0 Å². The minimum absolute atomic E-state index is 0.00633. The summed E-state index contributed by atoms with van der Waals surface area (Å²) in [6.07, 6.45) is 3.00. The highest BCUT2D eigenvalue weighted by molar-refractivity contribution is 6.74. The fraction of sp³-hybridized carbons (Fsp3) is 0.850. The minimum Gasteiger partial charge on any atom is -0.410 e. The fourth-order valence-corrected chi connectivity index (χ4v) is 6.33. The number of aliphatic hydroxyl groups is 1. The van der Waals surface area contributed by atoms with Gasteiger partial charge in [0, 0.05) is 12.0 Å². The van der Waals surface area contributed by atoms with Crippen molar-refractivity contribution in [2.75, 3.05) is 0 Å². The zero-order chi connectivity index (χ0) is 18.1. The third kappa shape index (κ3) is 2.57. The van der Waals surface area contributed by atoms with E-state index in [4.69, 9.17) is 4.43 Å². The van der Waals surface area contributed by atoms with Gasteiger partial charge in [0.15, 0.2) is 14.1 Å². The Morgan fingerprint density at radius 1 is 1.29 bits per heavy atom. The first-order valence-corrected chi connectivity index (χ1v) is 12.4. The summed E-state index contributed by atoms with van der Waals surface area (Å²) in [6.45, 7) is 15.7. The van der Waals surface area contributed by atoms with Crippen molar-refractivity contribution in [3.63, 3.8) is 0 Å². The van der Waals surface area contributed by atoms with Gasteiger partial charge in [-0.05, 0) is 54.6 Å². The number of hydrogen-bond acceptors (Lipinski definition) is 3. The molecule has 0 radical (unpaired) electrons. The molecule has 0 amide bonds. The van der Waals surface area contributed by atoms with Crippen molar-refractivity contribution in [3.05, 3.63) is 11.1 Å². The van der Waals surface area contributed by atoms with Gasteiger partial charge >= 0.3 is 0 Å². The molecular weight excluding hydrogens is 316 g/mol. The van der Waals surface area contributed by atoms with Gasteiger partial charge in [-0.25, -0.2) is 0 Å². The molecule has 0 aromatic carbocycles. The van der Waals surface area contributed by atoms with E-state index in [0.29, 0.717) is 12.3 Å². The van der Waals surface area contributed by atoms with E-state index in [1.54, 1.807) is 0 Å². The molecule has 3 nitrogen and oxygen atoms in total. The van der Waals surface area contributed by atoms with Crippen LogP contribution in [0.2, 0.25) is 18.1 Å². The highest BCUT2D eigenvalue weighted by atomic mass is 28.4. The molecule has 2 unspecified atom stereocenters. The number of aliphatic hydroxyl groups excluding tert-OH is 1. The van der Waals surface area contributed by atoms with Crippen LogP contribution in [-0.2, 0) is 9.22 Å². The molecule has 3 aliphatic rings. The lowest BCUT2D eigenvalue weighted by atomic mass is 9.64. The smallest absolute Gasteiger partial charge is 0.192 e. The number of hydrogen-bond donors (Lipinski definition) is 1. The second kappa shape index (κ2) is 5.52.